The van der Waals surface area contributed by atoms with Crippen molar-refractivity contribution in [3.63, 3.8) is 0 Å². The van der Waals surface area contributed by atoms with Gasteiger partial charge in [-0.1, -0.05) is 25.1 Å². The SMILES string of the molecule is CCCOC(=O)C(C)(C)Cc1cccc(C(F)(F)F)c1. The van der Waals surface area contributed by atoms with Crippen LogP contribution in [-0.4, -0.2) is 12.6 Å². The summed E-state index contributed by atoms with van der Waals surface area (Å²) in [7, 11) is 0. The van der Waals surface area contributed by atoms with Gasteiger partial charge in [0.1, 0.15) is 0 Å². The fourth-order valence-electron chi connectivity index (χ4n) is 1.83. The van der Waals surface area contributed by atoms with E-state index >= 15 is 0 Å². The highest BCUT2D eigenvalue weighted by atomic mass is 19.4. The van der Waals surface area contributed by atoms with Crippen LogP contribution in [0.3, 0.4) is 0 Å². The third kappa shape index (κ3) is 4.54. The first-order valence-electron chi connectivity index (χ1n) is 6.50. The maximum absolute atomic E-state index is 12.6. The van der Waals surface area contributed by atoms with Gasteiger partial charge in [-0.05, 0) is 38.3 Å². The van der Waals surface area contributed by atoms with E-state index in [1.54, 1.807) is 19.9 Å². The zero-order chi connectivity index (χ0) is 15.4. The number of ether oxygens (including phenoxy) is 1. The van der Waals surface area contributed by atoms with E-state index in [0.29, 0.717) is 18.6 Å². The summed E-state index contributed by atoms with van der Waals surface area (Å²) in [5.41, 5.74) is -1.08. The highest BCUT2D eigenvalue weighted by Gasteiger charge is 2.33. The molecule has 0 unspecified atom stereocenters. The molecule has 0 amide bonds. The Kier molecular flexibility index (Phi) is 5.20. The first-order valence-corrected chi connectivity index (χ1v) is 6.50. The average Bonchev–Trinajstić information content (AvgIpc) is 2.34. The summed E-state index contributed by atoms with van der Waals surface area (Å²) >= 11 is 0. The molecular weight excluding hydrogens is 269 g/mol. The number of alkyl halides is 3. The molecule has 0 radical (unpaired) electrons. The number of hydrogen-bond donors (Lipinski definition) is 0. The van der Waals surface area contributed by atoms with Crippen LogP contribution in [0, 0.1) is 5.41 Å². The van der Waals surface area contributed by atoms with Crippen LogP contribution in [-0.2, 0) is 22.1 Å². The van der Waals surface area contributed by atoms with Crippen molar-refractivity contribution < 1.29 is 22.7 Å². The second-order valence-electron chi connectivity index (χ2n) is 5.39. The van der Waals surface area contributed by atoms with Crippen molar-refractivity contribution in [2.24, 2.45) is 5.41 Å². The van der Waals surface area contributed by atoms with Gasteiger partial charge in [0.15, 0.2) is 0 Å². The van der Waals surface area contributed by atoms with Crippen LogP contribution in [0.2, 0.25) is 0 Å². The predicted molar refractivity (Wildman–Crippen MR) is 70.2 cm³/mol. The highest BCUT2D eigenvalue weighted by Crippen LogP contribution is 2.31. The second kappa shape index (κ2) is 6.29. The van der Waals surface area contributed by atoms with E-state index < -0.39 is 23.1 Å². The van der Waals surface area contributed by atoms with Crippen molar-refractivity contribution in [3.8, 4) is 0 Å². The molecule has 2 nitrogen and oxygen atoms in total. The Labute approximate surface area is 116 Å². The molecule has 0 atom stereocenters. The number of carbonyl (C=O) groups is 1. The number of esters is 1. The van der Waals surface area contributed by atoms with Gasteiger partial charge < -0.3 is 4.74 Å². The van der Waals surface area contributed by atoms with Crippen LogP contribution in [0.1, 0.15) is 38.3 Å². The molecule has 0 heterocycles. The average molecular weight is 288 g/mol. The Morgan fingerprint density at radius 3 is 2.45 bits per heavy atom. The smallest absolute Gasteiger partial charge is 0.416 e. The van der Waals surface area contributed by atoms with Crippen LogP contribution >= 0.6 is 0 Å². The van der Waals surface area contributed by atoms with Crippen LogP contribution in [0.5, 0.6) is 0 Å². The van der Waals surface area contributed by atoms with Crippen molar-refractivity contribution in [2.45, 2.75) is 39.8 Å². The molecular formula is C15H19F3O2. The lowest BCUT2D eigenvalue weighted by molar-refractivity contribution is -0.153. The lowest BCUT2D eigenvalue weighted by Gasteiger charge is -2.23. The van der Waals surface area contributed by atoms with Gasteiger partial charge in [-0.25, -0.2) is 0 Å². The zero-order valence-corrected chi connectivity index (χ0v) is 11.9. The van der Waals surface area contributed by atoms with E-state index in [4.69, 9.17) is 4.74 Å². The third-order valence-electron chi connectivity index (χ3n) is 2.89. The highest BCUT2D eigenvalue weighted by molar-refractivity contribution is 5.76. The van der Waals surface area contributed by atoms with E-state index in [-0.39, 0.29) is 6.42 Å². The molecule has 0 saturated carbocycles. The van der Waals surface area contributed by atoms with E-state index in [9.17, 15) is 18.0 Å². The number of halogens is 3. The van der Waals surface area contributed by atoms with Crippen molar-refractivity contribution in [2.75, 3.05) is 6.61 Å². The maximum atomic E-state index is 12.6. The molecule has 0 aliphatic carbocycles. The largest absolute Gasteiger partial charge is 0.465 e. The van der Waals surface area contributed by atoms with E-state index in [0.717, 1.165) is 12.1 Å². The molecule has 0 fully saturated rings. The third-order valence-corrected chi connectivity index (χ3v) is 2.89. The number of hydrogen-bond acceptors (Lipinski definition) is 2. The fourth-order valence-corrected chi connectivity index (χ4v) is 1.83. The number of benzene rings is 1. The van der Waals surface area contributed by atoms with E-state index in [1.165, 1.54) is 6.07 Å². The lowest BCUT2D eigenvalue weighted by Crippen LogP contribution is -2.29. The molecule has 5 heteroatoms. The van der Waals surface area contributed by atoms with Gasteiger partial charge in [-0.3, -0.25) is 4.79 Å². The minimum Gasteiger partial charge on any atom is -0.465 e. The monoisotopic (exact) mass is 288 g/mol. The molecule has 20 heavy (non-hydrogen) atoms. The van der Waals surface area contributed by atoms with Gasteiger partial charge in [0.25, 0.3) is 0 Å². The van der Waals surface area contributed by atoms with Gasteiger partial charge in [-0.15, -0.1) is 0 Å². The Morgan fingerprint density at radius 2 is 1.90 bits per heavy atom. The first kappa shape index (κ1) is 16.5. The predicted octanol–water partition coefficient (Wildman–Crippen LogP) is 4.23. The maximum Gasteiger partial charge on any atom is 0.416 e. The topological polar surface area (TPSA) is 26.3 Å². The molecule has 1 rings (SSSR count). The Balaban J connectivity index is 2.84. The summed E-state index contributed by atoms with van der Waals surface area (Å²) in [6, 6.07) is 5.04. The summed E-state index contributed by atoms with van der Waals surface area (Å²) in [5.74, 6) is -0.392. The molecule has 1 aromatic carbocycles. The molecule has 1 aromatic rings. The molecule has 0 aromatic heterocycles. The van der Waals surface area contributed by atoms with E-state index in [1.807, 2.05) is 6.92 Å². The number of rotatable bonds is 5. The first-order chi connectivity index (χ1) is 9.16. The molecule has 0 bridgehead atoms. The summed E-state index contributed by atoms with van der Waals surface area (Å²) < 4.78 is 43.0. The van der Waals surface area contributed by atoms with Crippen molar-refractivity contribution in [1.82, 2.24) is 0 Å². The molecule has 0 saturated heterocycles. The Hall–Kier alpha value is -1.52. The summed E-state index contributed by atoms with van der Waals surface area (Å²) in [6.07, 6.45) is -3.45. The van der Waals surface area contributed by atoms with Gasteiger partial charge in [0.05, 0.1) is 17.6 Å². The lowest BCUT2D eigenvalue weighted by atomic mass is 9.85. The van der Waals surface area contributed by atoms with Crippen molar-refractivity contribution >= 4 is 5.97 Å². The van der Waals surface area contributed by atoms with Crippen LogP contribution in [0.15, 0.2) is 24.3 Å². The number of carbonyl (C=O) groups excluding carboxylic acids is 1. The zero-order valence-electron chi connectivity index (χ0n) is 11.9. The summed E-state index contributed by atoms with van der Waals surface area (Å²) in [4.78, 5) is 11.9. The van der Waals surface area contributed by atoms with Crippen LogP contribution in [0.25, 0.3) is 0 Å². The van der Waals surface area contributed by atoms with Gasteiger partial charge in [0, 0.05) is 0 Å². The normalized spacial score (nSPS) is 12.3. The van der Waals surface area contributed by atoms with Gasteiger partial charge >= 0.3 is 12.1 Å². The second-order valence-corrected chi connectivity index (χ2v) is 5.39. The van der Waals surface area contributed by atoms with Crippen LogP contribution in [0.4, 0.5) is 13.2 Å². The minimum atomic E-state index is -4.37. The summed E-state index contributed by atoms with van der Waals surface area (Å²) in [5, 5.41) is 0. The summed E-state index contributed by atoms with van der Waals surface area (Å²) in [6.45, 7) is 5.55. The molecule has 0 N–H and O–H groups in total. The molecule has 112 valence electrons. The molecule has 0 aliphatic rings. The van der Waals surface area contributed by atoms with Crippen LogP contribution < -0.4 is 0 Å². The Morgan fingerprint density at radius 1 is 1.25 bits per heavy atom. The van der Waals surface area contributed by atoms with E-state index in [2.05, 4.69) is 0 Å². The minimum absolute atomic E-state index is 0.208. The standard InChI is InChI=1S/C15H19F3O2/c1-4-8-20-13(19)14(2,3)10-11-6-5-7-12(9-11)15(16,17)18/h5-7,9H,4,8,10H2,1-3H3. The quantitative estimate of drug-likeness (QED) is 0.758. The van der Waals surface area contributed by atoms with Crippen molar-refractivity contribution in [1.29, 1.82) is 0 Å². The van der Waals surface area contributed by atoms with Gasteiger partial charge in [0.2, 0.25) is 0 Å². The van der Waals surface area contributed by atoms with Crippen molar-refractivity contribution in [3.05, 3.63) is 35.4 Å². The molecule has 0 spiro atoms. The fraction of sp³-hybridized carbons (Fsp3) is 0.533. The Bertz CT molecular complexity index is 464. The van der Waals surface area contributed by atoms with Gasteiger partial charge in [-0.2, -0.15) is 13.2 Å². The molecule has 0 aliphatic heterocycles.